The van der Waals surface area contributed by atoms with E-state index in [2.05, 4.69) is 24.8 Å². The third-order valence-electron chi connectivity index (χ3n) is 2.71. The van der Waals surface area contributed by atoms with Crippen molar-refractivity contribution >= 4 is 0 Å². The maximum absolute atomic E-state index is 2.59. The van der Waals surface area contributed by atoms with E-state index in [9.17, 15) is 0 Å². The number of likely N-dealkylation sites (tertiary alicyclic amines) is 1. The van der Waals surface area contributed by atoms with Gasteiger partial charge in [-0.1, -0.05) is 26.3 Å². The molecule has 1 heterocycles. The van der Waals surface area contributed by atoms with Crippen LogP contribution in [0.5, 0.6) is 0 Å². The second-order valence-electron chi connectivity index (χ2n) is 3.90. The minimum absolute atomic E-state index is 1.19. The summed E-state index contributed by atoms with van der Waals surface area (Å²) < 4.78 is 0. The van der Waals surface area contributed by atoms with Gasteiger partial charge in [-0.25, -0.2) is 0 Å². The molecule has 1 aliphatic rings. The summed E-state index contributed by atoms with van der Waals surface area (Å²) in [5, 5.41) is 0. The van der Waals surface area contributed by atoms with E-state index < -0.39 is 0 Å². The minimum Gasteiger partial charge on any atom is -0.375 e. The normalized spacial score (nSPS) is 19.2. The van der Waals surface area contributed by atoms with Gasteiger partial charge >= 0.3 is 0 Å². The fourth-order valence-electron chi connectivity index (χ4n) is 2.06. The van der Waals surface area contributed by atoms with Crippen LogP contribution in [0.3, 0.4) is 0 Å². The number of piperidine rings is 1. The first kappa shape index (κ1) is 10.6. The number of rotatable bonds is 4. The summed E-state index contributed by atoms with van der Waals surface area (Å²) in [6, 6.07) is 0. The molecule has 0 atom stereocenters. The molecule has 0 aliphatic carbocycles. The highest BCUT2D eigenvalue weighted by atomic mass is 15.1. The Hall–Kier alpha value is -0.460. The van der Waals surface area contributed by atoms with Crippen LogP contribution in [0.25, 0.3) is 0 Å². The Balaban J connectivity index is 2.46. The van der Waals surface area contributed by atoms with E-state index in [0.29, 0.717) is 0 Å². The maximum atomic E-state index is 2.59. The quantitative estimate of drug-likeness (QED) is 0.641. The van der Waals surface area contributed by atoms with Gasteiger partial charge in [0.15, 0.2) is 0 Å². The molecule has 0 radical (unpaired) electrons. The molecule has 1 fully saturated rings. The molecule has 0 aromatic carbocycles. The van der Waals surface area contributed by atoms with E-state index in [0.717, 1.165) is 0 Å². The van der Waals surface area contributed by atoms with Crippen LogP contribution in [0.4, 0.5) is 0 Å². The van der Waals surface area contributed by atoms with Gasteiger partial charge in [-0.05, 0) is 32.1 Å². The summed E-state index contributed by atoms with van der Waals surface area (Å²) in [5.74, 6) is 0. The lowest BCUT2D eigenvalue weighted by atomic mass is 10.1. The first-order valence-corrected chi connectivity index (χ1v) is 5.82. The van der Waals surface area contributed by atoms with Gasteiger partial charge in [0.05, 0.1) is 0 Å². The van der Waals surface area contributed by atoms with Gasteiger partial charge in [0, 0.05) is 18.8 Å². The predicted octanol–water partition coefficient (Wildman–Crippen LogP) is 3.57. The maximum Gasteiger partial charge on any atom is 0.0174 e. The molecule has 0 saturated carbocycles. The van der Waals surface area contributed by atoms with Crippen molar-refractivity contribution in [3.63, 3.8) is 0 Å². The van der Waals surface area contributed by atoms with E-state index in [1.54, 1.807) is 5.70 Å². The van der Waals surface area contributed by atoms with Crippen molar-refractivity contribution in [1.82, 2.24) is 4.90 Å². The fourth-order valence-corrected chi connectivity index (χ4v) is 2.06. The summed E-state index contributed by atoms with van der Waals surface area (Å²) in [6.45, 7) is 7.10. The van der Waals surface area contributed by atoms with Crippen molar-refractivity contribution in [2.45, 2.75) is 52.4 Å². The summed E-state index contributed by atoms with van der Waals surface area (Å²) in [4.78, 5) is 2.59. The van der Waals surface area contributed by atoms with Crippen LogP contribution >= 0.6 is 0 Å². The molecule has 13 heavy (non-hydrogen) atoms. The molecule has 0 amide bonds. The third kappa shape index (κ3) is 3.41. The molecule has 0 N–H and O–H groups in total. The van der Waals surface area contributed by atoms with Crippen molar-refractivity contribution in [2.24, 2.45) is 0 Å². The Morgan fingerprint density at radius 3 is 2.38 bits per heavy atom. The minimum atomic E-state index is 1.19. The van der Waals surface area contributed by atoms with Crippen molar-refractivity contribution in [3.05, 3.63) is 11.8 Å². The van der Waals surface area contributed by atoms with Crippen LogP contribution in [0.15, 0.2) is 11.8 Å². The highest BCUT2D eigenvalue weighted by Crippen LogP contribution is 2.18. The largest absolute Gasteiger partial charge is 0.375 e. The van der Waals surface area contributed by atoms with Gasteiger partial charge in [-0.2, -0.15) is 0 Å². The summed E-state index contributed by atoms with van der Waals surface area (Å²) in [5.41, 5.74) is 1.60. The molecule has 1 nitrogen and oxygen atoms in total. The van der Waals surface area contributed by atoms with Crippen molar-refractivity contribution < 1.29 is 0 Å². The SMILES string of the molecule is CC/C=C(\CCC)N1CCCCC1. The monoisotopic (exact) mass is 181 g/mol. The molecule has 0 aromatic rings. The molecule has 1 rings (SSSR count). The van der Waals surface area contributed by atoms with Crippen LogP contribution in [-0.2, 0) is 0 Å². The molecule has 1 heteroatoms. The standard InChI is InChI=1S/C12H23N/c1-3-8-12(9-4-2)13-10-6-5-7-11-13/h8H,3-7,9-11H2,1-2H3/b12-8+. The summed E-state index contributed by atoms with van der Waals surface area (Å²) in [7, 11) is 0. The lowest BCUT2D eigenvalue weighted by Gasteiger charge is -2.31. The Morgan fingerprint density at radius 1 is 1.15 bits per heavy atom. The number of hydrogen-bond acceptors (Lipinski definition) is 1. The van der Waals surface area contributed by atoms with Gasteiger partial charge in [0.25, 0.3) is 0 Å². The molecule has 76 valence electrons. The van der Waals surface area contributed by atoms with Crippen LogP contribution in [-0.4, -0.2) is 18.0 Å². The zero-order valence-corrected chi connectivity index (χ0v) is 9.18. The van der Waals surface area contributed by atoms with E-state index in [-0.39, 0.29) is 0 Å². The second-order valence-corrected chi connectivity index (χ2v) is 3.90. The number of allylic oxidation sites excluding steroid dienone is 2. The average Bonchev–Trinajstić information content (AvgIpc) is 2.19. The van der Waals surface area contributed by atoms with Crippen LogP contribution in [0.2, 0.25) is 0 Å². The molecule has 0 spiro atoms. The lowest BCUT2D eigenvalue weighted by molar-refractivity contribution is 0.275. The molecular formula is C12H23N. The van der Waals surface area contributed by atoms with E-state index in [1.807, 2.05) is 0 Å². The average molecular weight is 181 g/mol. The zero-order valence-electron chi connectivity index (χ0n) is 9.18. The van der Waals surface area contributed by atoms with Gasteiger partial charge < -0.3 is 4.90 Å². The number of hydrogen-bond donors (Lipinski definition) is 0. The Labute approximate surface area is 82.8 Å². The smallest absolute Gasteiger partial charge is 0.0174 e. The topological polar surface area (TPSA) is 3.24 Å². The molecule has 1 aliphatic heterocycles. The van der Waals surface area contributed by atoms with Crippen molar-refractivity contribution in [3.8, 4) is 0 Å². The van der Waals surface area contributed by atoms with E-state index in [4.69, 9.17) is 0 Å². The lowest BCUT2D eigenvalue weighted by Crippen LogP contribution is -2.29. The highest BCUT2D eigenvalue weighted by molar-refractivity contribution is 5.01. The Morgan fingerprint density at radius 2 is 1.85 bits per heavy atom. The molecular weight excluding hydrogens is 158 g/mol. The number of nitrogens with zero attached hydrogens (tertiary/aromatic N) is 1. The van der Waals surface area contributed by atoms with E-state index >= 15 is 0 Å². The van der Waals surface area contributed by atoms with Gasteiger partial charge in [-0.3, -0.25) is 0 Å². The highest BCUT2D eigenvalue weighted by Gasteiger charge is 2.11. The van der Waals surface area contributed by atoms with Crippen LogP contribution in [0, 0.1) is 0 Å². The van der Waals surface area contributed by atoms with Gasteiger partial charge in [-0.15, -0.1) is 0 Å². The Kier molecular flexibility index (Phi) is 4.95. The molecule has 1 saturated heterocycles. The van der Waals surface area contributed by atoms with Gasteiger partial charge in [0.2, 0.25) is 0 Å². The van der Waals surface area contributed by atoms with E-state index in [1.165, 1.54) is 51.6 Å². The van der Waals surface area contributed by atoms with Crippen LogP contribution in [0.1, 0.15) is 52.4 Å². The summed E-state index contributed by atoms with van der Waals surface area (Å²) in [6.07, 6.45) is 10.4. The van der Waals surface area contributed by atoms with Crippen LogP contribution < -0.4 is 0 Å². The van der Waals surface area contributed by atoms with Gasteiger partial charge in [0.1, 0.15) is 0 Å². The predicted molar refractivity (Wildman–Crippen MR) is 58.7 cm³/mol. The zero-order chi connectivity index (χ0) is 9.52. The fraction of sp³-hybridized carbons (Fsp3) is 0.833. The first-order chi connectivity index (χ1) is 6.38. The second kappa shape index (κ2) is 6.06. The third-order valence-corrected chi connectivity index (χ3v) is 2.71. The van der Waals surface area contributed by atoms with Crippen molar-refractivity contribution in [1.29, 1.82) is 0 Å². The molecule has 0 bridgehead atoms. The molecule has 0 aromatic heterocycles. The van der Waals surface area contributed by atoms with Crippen molar-refractivity contribution in [2.75, 3.05) is 13.1 Å². The Bertz CT molecular complexity index is 155. The molecule has 0 unspecified atom stereocenters. The first-order valence-electron chi connectivity index (χ1n) is 5.82. The summed E-state index contributed by atoms with van der Waals surface area (Å²) >= 11 is 0.